The van der Waals surface area contributed by atoms with Crippen LogP contribution in [0.25, 0.3) is 33.6 Å². The molecule has 0 aliphatic carbocycles. The van der Waals surface area contributed by atoms with Crippen molar-refractivity contribution in [3.8, 4) is 11.4 Å². The van der Waals surface area contributed by atoms with Crippen LogP contribution in [-0.4, -0.2) is 44.7 Å². The highest BCUT2D eigenvalue weighted by molar-refractivity contribution is 7.11. The summed E-state index contributed by atoms with van der Waals surface area (Å²) in [6, 6.07) is 10.6. The normalized spacial score (nSPS) is 16.0. The van der Waals surface area contributed by atoms with Crippen LogP contribution in [0, 0.1) is 6.92 Å². The Morgan fingerprint density at radius 3 is 2.72 bits per heavy atom. The lowest BCUT2D eigenvalue weighted by Gasteiger charge is -2.26. The molecule has 6 heteroatoms. The van der Waals surface area contributed by atoms with Crippen molar-refractivity contribution in [1.29, 1.82) is 0 Å². The van der Waals surface area contributed by atoms with E-state index in [4.69, 9.17) is 4.98 Å². The fraction of sp³-hybridized carbons (Fsp3) is 0.273. The van der Waals surface area contributed by atoms with Crippen LogP contribution in [0.3, 0.4) is 0 Å². The van der Waals surface area contributed by atoms with Crippen LogP contribution in [0.15, 0.2) is 84.3 Å². The van der Waals surface area contributed by atoms with Crippen LogP contribution >= 0.6 is 11.3 Å². The van der Waals surface area contributed by atoms with Crippen molar-refractivity contribution in [1.82, 2.24) is 25.1 Å². The Morgan fingerprint density at radius 1 is 1.15 bits per heavy atom. The highest BCUT2D eigenvalue weighted by atomic mass is 32.1. The van der Waals surface area contributed by atoms with Crippen LogP contribution in [0.5, 0.6) is 0 Å². The number of thiophene rings is 1. The molecule has 0 radical (unpaired) electrons. The second-order valence-electron chi connectivity index (χ2n) is 9.97. The highest BCUT2D eigenvalue weighted by Crippen LogP contribution is 2.34. The summed E-state index contributed by atoms with van der Waals surface area (Å²) in [5.41, 5.74) is 10.3. The molecule has 2 N–H and O–H groups in total. The van der Waals surface area contributed by atoms with Gasteiger partial charge in [-0.15, -0.1) is 11.3 Å². The van der Waals surface area contributed by atoms with Crippen molar-refractivity contribution in [2.24, 2.45) is 0 Å². The van der Waals surface area contributed by atoms with Crippen molar-refractivity contribution in [3.05, 3.63) is 106 Å². The second-order valence-corrected chi connectivity index (χ2v) is 10.9. The summed E-state index contributed by atoms with van der Waals surface area (Å²) in [7, 11) is 0. The fourth-order valence-corrected chi connectivity index (χ4v) is 5.96. The van der Waals surface area contributed by atoms with Crippen LogP contribution < -0.4 is 0 Å². The van der Waals surface area contributed by atoms with Gasteiger partial charge in [0.15, 0.2) is 0 Å². The number of aromatic amines is 2. The van der Waals surface area contributed by atoms with E-state index in [1.807, 2.05) is 13.0 Å². The minimum absolute atomic E-state index is 0.828. The molecule has 1 aliphatic heterocycles. The summed E-state index contributed by atoms with van der Waals surface area (Å²) < 4.78 is 0. The molecule has 0 amide bonds. The third-order valence-electron chi connectivity index (χ3n) is 7.27. The van der Waals surface area contributed by atoms with Gasteiger partial charge in [0, 0.05) is 28.3 Å². The molecule has 1 aliphatic rings. The van der Waals surface area contributed by atoms with Gasteiger partial charge in [0.05, 0.1) is 16.9 Å². The number of aryl methyl sites for hydroxylation is 1. The minimum Gasteiger partial charge on any atom is -0.357 e. The summed E-state index contributed by atoms with van der Waals surface area (Å²) in [5.74, 6) is 0. The standard InChI is InChI=1S/C33H37N5S/c1-5-8-13-26(31-14-12-19-39-31)27-21-30(34-23(27)4)33-32-29(36-37-33)16-15-28(35-32)25(7-3)20-24(6-2)22-38-17-10-9-11-18-38/h5-8,12-16,19-21,34H,2,9-11,17-18,22H2,1,3-4H3,(H,36,37)/b8-5-,24-20+,25-7+,26-13+. The Hall–Kier alpha value is -3.74. The van der Waals surface area contributed by atoms with Crippen molar-refractivity contribution in [2.45, 2.75) is 40.0 Å². The van der Waals surface area contributed by atoms with E-state index < -0.39 is 0 Å². The topological polar surface area (TPSA) is 60.6 Å². The first-order chi connectivity index (χ1) is 19.1. The van der Waals surface area contributed by atoms with Crippen LogP contribution in [-0.2, 0) is 0 Å². The molecule has 4 aromatic heterocycles. The molecule has 5 rings (SSSR count). The molecule has 0 spiro atoms. The van der Waals surface area contributed by atoms with Gasteiger partial charge in [-0.25, -0.2) is 4.98 Å². The molecule has 39 heavy (non-hydrogen) atoms. The van der Waals surface area contributed by atoms with Gasteiger partial charge in [-0.3, -0.25) is 10.00 Å². The van der Waals surface area contributed by atoms with Crippen molar-refractivity contribution in [2.75, 3.05) is 19.6 Å². The molecular formula is C33H37N5S. The molecule has 0 saturated carbocycles. The Bertz CT molecular complexity index is 1550. The first-order valence-corrected chi connectivity index (χ1v) is 14.6. The SMILES string of the molecule is C=C/C(=C\C(=C/C)c1ccc2[nH]nc(-c3cc(/C(=C\C=C/C)c4cccs4)c(C)[nH]3)c2n1)CN1CCCCC1. The number of piperidine rings is 1. The minimum atomic E-state index is 0.828. The summed E-state index contributed by atoms with van der Waals surface area (Å²) in [6.45, 7) is 13.6. The lowest BCUT2D eigenvalue weighted by Crippen LogP contribution is -2.31. The van der Waals surface area contributed by atoms with Crippen molar-refractivity contribution < 1.29 is 0 Å². The molecule has 1 fully saturated rings. The maximum Gasteiger partial charge on any atom is 0.135 e. The number of hydrogen-bond donors (Lipinski definition) is 2. The monoisotopic (exact) mass is 535 g/mol. The predicted molar refractivity (Wildman–Crippen MR) is 167 cm³/mol. The molecule has 0 bridgehead atoms. The van der Waals surface area contributed by atoms with E-state index in [0.717, 1.165) is 59.0 Å². The number of aromatic nitrogens is 4. The van der Waals surface area contributed by atoms with Crippen LogP contribution in [0.1, 0.15) is 54.9 Å². The zero-order chi connectivity index (χ0) is 27.2. The van der Waals surface area contributed by atoms with Gasteiger partial charge in [-0.05, 0) is 93.6 Å². The van der Waals surface area contributed by atoms with Gasteiger partial charge in [-0.2, -0.15) is 5.10 Å². The molecule has 5 nitrogen and oxygen atoms in total. The summed E-state index contributed by atoms with van der Waals surface area (Å²) in [5, 5.41) is 9.98. The fourth-order valence-electron chi connectivity index (χ4n) is 5.19. The summed E-state index contributed by atoms with van der Waals surface area (Å²) >= 11 is 1.75. The van der Waals surface area contributed by atoms with E-state index in [0.29, 0.717) is 0 Å². The smallest absolute Gasteiger partial charge is 0.135 e. The first kappa shape index (κ1) is 26.9. The third-order valence-corrected chi connectivity index (χ3v) is 8.18. The zero-order valence-corrected chi connectivity index (χ0v) is 23.9. The van der Waals surface area contributed by atoms with Crippen molar-refractivity contribution in [3.63, 3.8) is 0 Å². The molecular weight excluding hydrogens is 498 g/mol. The largest absolute Gasteiger partial charge is 0.357 e. The van der Waals surface area contributed by atoms with E-state index in [2.05, 4.69) is 107 Å². The van der Waals surface area contributed by atoms with E-state index >= 15 is 0 Å². The average Bonchev–Trinajstić information content (AvgIpc) is 3.72. The number of nitrogens with zero attached hydrogens (tertiary/aromatic N) is 3. The molecule has 0 aromatic carbocycles. The molecule has 0 atom stereocenters. The van der Waals surface area contributed by atoms with Crippen molar-refractivity contribution >= 4 is 33.5 Å². The molecule has 200 valence electrons. The highest BCUT2D eigenvalue weighted by Gasteiger charge is 2.18. The lowest BCUT2D eigenvalue weighted by atomic mass is 10.0. The number of pyridine rings is 1. The Labute approximate surface area is 235 Å². The molecule has 1 saturated heterocycles. The third kappa shape index (κ3) is 5.97. The first-order valence-electron chi connectivity index (χ1n) is 13.8. The van der Waals surface area contributed by atoms with Gasteiger partial charge < -0.3 is 4.98 Å². The number of likely N-dealkylation sites (tertiary alicyclic amines) is 1. The number of H-pyrrole nitrogens is 2. The number of hydrogen-bond acceptors (Lipinski definition) is 4. The Balaban J connectivity index is 1.49. The average molecular weight is 536 g/mol. The van der Waals surface area contributed by atoms with E-state index in [-0.39, 0.29) is 0 Å². The van der Waals surface area contributed by atoms with E-state index in [1.54, 1.807) is 11.3 Å². The maximum absolute atomic E-state index is 5.10. The molecule has 0 unspecified atom stereocenters. The Morgan fingerprint density at radius 2 is 2.00 bits per heavy atom. The van der Waals surface area contributed by atoms with Gasteiger partial charge in [0.1, 0.15) is 11.2 Å². The maximum atomic E-state index is 5.10. The Kier molecular flexibility index (Phi) is 8.54. The zero-order valence-electron chi connectivity index (χ0n) is 23.1. The van der Waals surface area contributed by atoms with Crippen LogP contribution in [0.2, 0.25) is 0 Å². The molecule has 5 heterocycles. The number of allylic oxidation sites excluding steroid dienone is 6. The molecule has 4 aromatic rings. The number of nitrogens with one attached hydrogen (secondary N) is 2. The van der Waals surface area contributed by atoms with Gasteiger partial charge >= 0.3 is 0 Å². The predicted octanol–water partition coefficient (Wildman–Crippen LogP) is 8.33. The van der Waals surface area contributed by atoms with Gasteiger partial charge in [-0.1, -0.05) is 49.4 Å². The quantitative estimate of drug-likeness (QED) is 0.212. The van der Waals surface area contributed by atoms with Gasteiger partial charge in [0.25, 0.3) is 0 Å². The second kappa shape index (κ2) is 12.4. The number of fused-ring (bicyclic) bond motifs is 1. The summed E-state index contributed by atoms with van der Waals surface area (Å²) in [6.07, 6.45) is 16.6. The van der Waals surface area contributed by atoms with E-state index in [1.165, 1.54) is 40.8 Å². The number of rotatable bonds is 9. The lowest BCUT2D eigenvalue weighted by molar-refractivity contribution is 0.248. The summed E-state index contributed by atoms with van der Waals surface area (Å²) in [4.78, 5) is 12.4. The van der Waals surface area contributed by atoms with E-state index in [9.17, 15) is 0 Å². The van der Waals surface area contributed by atoms with Gasteiger partial charge in [0.2, 0.25) is 0 Å². The van der Waals surface area contributed by atoms with Crippen LogP contribution in [0.4, 0.5) is 0 Å².